The second kappa shape index (κ2) is 3.56. The lowest BCUT2D eigenvalue weighted by atomic mass is 9.91. The molecule has 0 fully saturated rings. The van der Waals surface area contributed by atoms with E-state index in [4.69, 9.17) is 4.74 Å². The largest absolute Gasteiger partial charge is 0.493 e. The zero-order chi connectivity index (χ0) is 11.8. The number of hydrogen-bond acceptors (Lipinski definition) is 4. The van der Waals surface area contributed by atoms with E-state index < -0.39 is 5.69 Å². The van der Waals surface area contributed by atoms with Crippen LogP contribution in [0.5, 0.6) is 5.75 Å². The van der Waals surface area contributed by atoms with Crippen LogP contribution in [0.3, 0.4) is 0 Å². The van der Waals surface area contributed by atoms with Gasteiger partial charge in [-0.25, -0.2) is 4.79 Å². The van der Waals surface area contributed by atoms with Gasteiger partial charge in [-0.15, -0.1) is 4.73 Å². The number of rotatable bonds is 1. The molecule has 0 saturated heterocycles. The third-order valence-corrected chi connectivity index (χ3v) is 2.16. The highest BCUT2D eigenvalue weighted by Gasteiger charge is 2.24. The first-order valence-corrected chi connectivity index (χ1v) is 4.66. The molecule has 0 unspecified atom stereocenters. The van der Waals surface area contributed by atoms with E-state index in [1.807, 2.05) is 20.8 Å². The normalized spacial score (nSPS) is 11.5. The third-order valence-electron chi connectivity index (χ3n) is 2.16. The van der Waals surface area contributed by atoms with Crippen LogP contribution in [-0.2, 0) is 5.41 Å². The van der Waals surface area contributed by atoms with Crippen LogP contribution in [-0.4, -0.2) is 22.0 Å². The van der Waals surface area contributed by atoms with Gasteiger partial charge in [0, 0.05) is 5.41 Å². The van der Waals surface area contributed by atoms with Crippen LogP contribution in [0.4, 0.5) is 0 Å². The van der Waals surface area contributed by atoms with E-state index in [1.165, 1.54) is 7.11 Å². The third kappa shape index (κ3) is 1.95. The Labute approximate surface area is 88.3 Å². The maximum atomic E-state index is 11.3. The van der Waals surface area contributed by atoms with E-state index in [0.29, 0.717) is 21.9 Å². The number of aromatic nitrogens is 2. The molecular formula is C10H16N2O3. The van der Waals surface area contributed by atoms with Crippen molar-refractivity contribution in [1.82, 2.24) is 9.71 Å². The Morgan fingerprint density at radius 2 is 1.93 bits per heavy atom. The molecule has 1 aromatic heterocycles. The van der Waals surface area contributed by atoms with Crippen molar-refractivity contribution in [3.05, 3.63) is 21.9 Å². The number of nitrogens with zero attached hydrogens (tertiary/aromatic N) is 2. The van der Waals surface area contributed by atoms with Crippen LogP contribution in [0.1, 0.15) is 32.2 Å². The van der Waals surface area contributed by atoms with Crippen LogP contribution in [0, 0.1) is 6.92 Å². The predicted octanol–water partition coefficient (Wildman–Crippen LogP) is 1.10. The standard InChI is InChI=1S/C10H16N2O3/c1-6-7(15-5)8(10(2,3)4)11-9(13)12(6)14/h14H,1-5H3. The molecule has 0 bridgehead atoms. The topological polar surface area (TPSA) is 64.3 Å². The van der Waals surface area contributed by atoms with Crippen molar-refractivity contribution >= 4 is 0 Å². The highest BCUT2D eigenvalue weighted by Crippen LogP contribution is 2.30. The second-order valence-corrected chi connectivity index (χ2v) is 4.42. The molecule has 84 valence electrons. The summed E-state index contributed by atoms with van der Waals surface area (Å²) < 4.78 is 5.65. The Morgan fingerprint density at radius 1 is 1.40 bits per heavy atom. The summed E-state index contributed by atoms with van der Waals surface area (Å²) in [5.74, 6) is 0.449. The van der Waals surface area contributed by atoms with Crippen molar-refractivity contribution in [2.24, 2.45) is 0 Å². The average molecular weight is 212 g/mol. The van der Waals surface area contributed by atoms with Crippen molar-refractivity contribution in [3.63, 3.8) is 0 Å². The monoisotopic (exact) mass is 212 g/mol. The lowest BCUT2D eigenvalue weighted by molar-refractivity contribution is 0.157. The van der Waals surface area contributed by atoms with Gasteiger partial charge in [0.2, 0.25) is 0 Å². The van der Waals surface area contributed by atoms with Gasteiger partial charge in [0.15, 0.2) is 5.75 Å². The molecule has 0 aliphatic carbocycles. The summed E-state index contributed by atoms with van der Waals surface area (Å²) in [6.45, 7) is 7.40. The molecule has 1 heterocycles. The van der Waals surface area contributed by atoms with E-state index in [2.05, 4.69) is 4.98 Å². The first-order chi connectivity index (χ1) is 6.79. The van der Waals surface area contributed by atoms with Gasteiger partial charge < -0.3 is 9.94 Å². The van der Waals surface area contributed by atoms with Crippen LogP contribution in [0.25, 0.3) is 0 Å². The van der Waals surface area contributed by atoms with Crippen molar-refractivity contribution in [3.8, 4) is 5.75 Å². The second-order valence-electron chi connectivity index (χ2n) is 4.42. The van der Waals surface area contributed by atoms with Gasteiger partial charge in [0.05, 0.1) is 12.8 Å². The highest BCUT2D eigenvalue weighted by molar-refractivity contribution is 5.35. The fourth-order valence-electron chi connectivity index (χ4n) is 1.36. The SMILES string of the molecule is COc1c(C(C)(C)C)nc(=O)n(O)c1C. The van der Waals surface area contributed by atoms with Crippen molar-refractivity contribution in [2.45, 2.75) is 33.1 Å². The van der Waals surface area contributed by atoms with E-state index in [-0.39, 0.29) is 5.41 Å². The molecule has 0 amide bonds. The minimum atomic E-state index is -0.682. The Bertz CT molecular complexity index is 430. The number of hydrogen-bond donors (Lipinski definition) is 1. The summed E-state index contributed by atoms with van der Waals surface area (Å²) in [4.78, 5) is 15.1. The Balaban J connectivity index is 3.60. The maximum absolute atomic E-state index is 11.3. The molecule has 1 N–H and O–H groups in total. The van der Waals surface area contributed by atoms with Gasteiger partial charge in [-0.2, -0.15) is 4.98 Å². The van der Waals surface area contributed by atoms with Gasteiger partial charge in [-0.3, -0.25) is 0 Å². The van der Waals surface area contributed by atoms with Crippen LogP contribution in [0.15, 0.2) is 4.79 Å². The van der Waals surface area contributed by atoms with Crippen LogP contribution in [0.2, 0.25) is 0 Å². The van der Waals surface area contributed by atoms with E-state index in [0.717, 1.165) is 0 Å². The van der Waals surface area contributed by atoms with Gasteiger partial charge in [0.1, 0.15) is 5.69 Å². The summed E-state index contributed by atoms with van der Waals surface area (Å²) in [6, 6.07) is 0. The average Bonchev–Trinajstić information content (AvgIpc) is 2.12. The molecule has 0 spiro atoms. The number of ether oxygens (including phenoxy) is 1. The molecule has 5 nitrogen and oxygen atoms in total. The molecule has 0 atom stereocenters. The molecule has 0 saturated carbocycles. The summed E-state index contributed by atoms with van der Waals surface area (Å²) in [5, 5.41) is 9.37. The first-order valence-electron chi connectivity index (χ1n) is 4.66. The van der Waals surface area contributed by atoms with Gasteiger partial charge in [-0.05, 0) is 6.92 Å². The minimum Gasteiger partial charge on any atom is -0.493 e. The van der Waals surface area contributed by atoms with E-state index in [1.54, 1.807) is 6.92 Å². The molecule has 1 rings (SSSR count). The molecule has 15 heavy (non-hydrogen) atoms. The zero-order valence-electron chi connectivity index (χ0n) is 9.66. The molecule has 0 radical (unpaired) electrons. The number of methoxy groups -OCH3 is 1. The predicted molar refractivity (Wildman–Crippen MR) is 55.7 cm³/mol. The summed E-state index contributed by atoms with van der Waals surface area (Å²) in [6.07, 6.45) is 0. The van der Waals surface area contributed by atoms with Crippen molar-refractivity contribution in [1.29, 1.82) is 0 Å². The fraction of sp³-hybridized carbons (Fsp3) is 0.600. The van der Waals surface area contributed by atoms with Gasteiger partial charge in [-0.1, -0.05) is 20.8 Å². The molecule has 1 aromatic rings. The first kappa shape index (κ1) is 11.6. The fourth-order valence-corrected chi connectivity index (χ4v) is 1.36. The summed E-state index contributed by atoms with van der Waals surface area (Å²) >= 11 is 0. The molecular weight excluding hydrogens is 196 g/mol. The van der Waals surface area contributed by atoms with E-state index in [9.17, 15) is 10.0 Å². The Hall–Kier alpha value is -1.52. The quantitative estimate of drug-likeness (QED) is 0.708. The van der Waals surface area contributed by atoms with Crippen molar-refractivity contribution < 1.29 is 9.94 Å². The van der Waals surface area contributed by atoms with Crippen LogP contribution >= 0.6 is 0 Å². The van der Waals surface area contributed by atoms with Crippen molar-refractivity contribution in [2.75, 3.05) is 7.11 Å². The maximum Gasteiger partial charge on any atom is 0.381 e. The Morgan fingerprint density at radius 3 is 2.33 bits per heavy atom. The lowest BCUT2D eigenvalue weighted by Gasteiger charge is -2.21. The Kier molecular flexibility index (Phi) is 2.75. The van der Waals surface area contributed by atoms with Crippen LogP contribution < -0.4 is 10.4 Å². The molecule has 0 aliphatic rings. The van der Waals surface area contributed by atoms with E-state index >= 15 is 0 Å². The molecule has 0 aromatic carbocycles. The molecule has 0 aliphatic heterocycles. The summed E-state index contributed by atoms with van der Waals surface area (Å²) in [7, 11) is 1.49. The van der Waals surface area contributed by atoms with Gasteiger partial charge in [0.25, 0.3) is 0 Å². The molecule has 5 heteroatoms. The van der Waals surface area contributed by atoms with Gasteiger partial charge >= 0.3 is 5.69 Å². The lowest BCUT2D eigenvalue weighted by Crippen LogP contribution is -2.29. The zero-order valence-corrected chi connectivity index (χ0v) is 9.66. The smallest absolute Gasteiger partial charge is 0.381 e. The minimum absolute atomic E-state index is 0.302. The highest BCUT2D eigenvalue weighted by atomic mass is 16.5. The summed E-state index contributed by atoms with van der Waals surface area (Å²) in [5.41, 5.74) is -0.0674.